The van der Waals surface area contributed by atoms with Crippen LogP contribution in [0.3, 0.4) is 0 Å². The number of aryl methyl sites for hydroxylation is 2. The monoisotopic (exact) mass is 214 g/mol. The van der Waals surface area contributed by atoms with Gasteiger partial charge in [-0.3, -0.25) is 4.98 Å². The Hall–Kier alpha value is -2.10. The summed E-state index contributed by atoms with van der Waals surface area (Å²) in [5.74, 6) is 0.730. The van der Waals surface area contributed by atoms with Gasteiger partial charge in [-0.05, 0) is 32.0 Å². The minimum absolute atomic E-state index is 0.724. The van der Waals surface area contributed by atoms with Crippen molar-refractivity contribution in [2.75, 3.05) is 11.1 Å². The van der Waals surface area contributed by atoms with Crippen LogP contribution in [0.25, 0.3) is 0 Å². The van der Waals surface area contributed by atoms with Gasteiger partial charge >= 0.3 is 0 Å². The first kappa shape index (κ1) is 10.4. The van der Waals surface area contributed by atoms with Crippen LogP contribution in [-0.2, 0) is 0 Å². The summed E-state index contributed by atoms with van der Waals surface area (Å²) in [5, 5.41) is 3.16. The topological polar surface area (TPSA) is 63.8 Å². The minimum atomic E-state index is 0.724. The van der Waals surface area contributed by atoms with Gasteiger partial charge in [-0.1, -0.05) is 6.07 Å². The van der Waals surface area contributed by atoms with Crippen LogP contribution in [0.4, 0.5) is 17.2 Å². The molecule has 0 saturated carbocycles. The fourth-order valence-electron chi connectivity index (χ4n) is 1.37. The fraction of sp³-hybridized carbons (Fsp3) is 0.167. The summed E-state index contributed by atoms with van der Waals surface area (Å²) in [6.07, 6.45) is 1.71. The third-order valence-corrected chi connectivity index (χ3v) is 2.35. The van der Waals surface area contributed by atoms with E-state index in [-0.39, 0.29) is 0 Å². The predicted molar refractivity (Wildman–Crippen MR) is 65.6 cm³/mol. The number of rotatable bonds is 2. The summed E-state index contributed by atoms with van der Waals surface area (Å²) in [5.41, 5.74) is 9.20. The molecule has 1 aromatic carbocycles. The number of hydrogen-bond acceptors (Lipinski definition) is 4. The smallest absolute Gasteiger partial charge is 0.149 e. The van der Waals surface area contributed by atoms with E-state index in [0.717, 1.165) is 28.6 Å². The number of nitrogens with two attached hydrogens (primary N) is 1. The molecular weight excluding hydrogens is 200 g/mol. The molecule has 0 aliphatic heterocycles. The number of nitrogens with one attached hydrogen (secondary N) is 1. The van der Waals surface area contributed by atoms with E-state index in [0.29, 0.717) is 0 Å². The van der Waals surface area contributed by atoms with E-state index in [1.165, 1.54) is 0 Å². The Morgan fingerprint density at radius 3 is 2.69 bits per heavy atom. The molecule has 2 rings (SSSR count). The third kappa shape index (κ3) is 2.28. The molecule has 0 spiro atoms. The Bertz CT molecular complexity index is 508. The SMILES string of the molecule is Cc1ncc(Nc2cccc(N)c2)nc1C. The van der Waals surface area contributed by atoms with Crippen LogP contribution in [0.1, 0.15) is 11.4 Å². The molecule has 4 heteroatoms. The molecule has 4 nitrogen and oxygen atoms in total. The molecule has 1 heterocycles. The summed E-state index contributed by atoms with van der Waals surface area (Å²) in [6, 6.07) is 7.54. The maximum absolute atomic E-state index is 5.69. The van der Waals surface area contributed by atoms with Crippen LogP contribution in [0, 0.1) is 13.8 Å². The van der Waals surface area contributed by atoms with Crippen molar-refractivity contribution in [1.82, 2.24) is 9.97 Å². The summed E-state index contributed by atoms with van der Waals surface area (Å²) < 4.78 is 0. The normalized spacial score (nSPS) is 10.1. The van der Waals surface area contributed by atoms with E-state index in [2.05, 4.69) is 15.3 Å². The quantitative estimate of drug-likeness (QED) is 0.753. The van der Waals surface area contributed by atoms with Gasteiger partial charge < -0.3 is 11.1 Å². The van der Waals surface area contributed by atoms with E-state index < -0.39 is 0 Å². The van der Waals surface area contributed by atoms with Gasteiger partial charge in [0.1, 0.15) is 5.82 Å². The molecule has 0 amide bonds. The van der Waals surface area contributed by atoms with Gasteiger partial charge in [0.25, 0.3) is 0 Å². The second-order valence-electron chi connectivity index (χ2n) is 3.68. The highest BCUT2D eigenvalue weighted by molar-refractivity contribution is 5.60. The van der Waals surface area contributed by atoms with Crippen molar-refractivity contribution in [3.05, 3.63) is 41.9 Å². The van der Waals surface area contributed by atoms with Gasteiger partial charge in [0, 0.05) is 11.4 Å². The van der Waals surface area contributed by atoms with E-state index in [4.69, 9.17) is 5.73 Å². The highest BCUT2D eigenvalue weighted by Gasteiger charge is 2.00. The number of benzene rings is 1. The third-order valence-electron chi connectivity index (χ3n) is 2.35. The molecule has 16 heavy (non-hydrogen) atoms. The van der Waals surface area contributed by atoms with Crippen LogP contribution in [0.15, 0.2) is 30.5 Å². The van der Waals surface area contributed by atoms with Crippen molar-refractivity contribution in [1.29, 1.82) is 0 Å². The zero-order chi connectivity index (χ0) is 11.5. The van der Waals surface area contributed by atoms with E-state index >= 15 is 0 Å². The molecule has 3 N–H and O–H groups in total. The van der Waals surface area contributed by atoms with Crippen molar-refractivity contribution in [2.45, 2.75) is 13.8 Å². The minimum Gasteiger partial charge on any atom is -0.399 e. The van der Waals surface area contributed by atoms with Gasteiger partial charge in [0.15, 0.2) is 0 Å². The average Bonchev–Trinajstić information content (AvgIpc) is 2.24. The van der Waals surface area contributed by atoms with E-state index in [1.54, 1.807) is 6.20 Å². The Labute approximate surface area is 94.5 Å². The lowest BCUT2D eigenvalue weighted by Gasteiger charge is -2.07. The predicted octanol–water partition coefficient (Wildman–Crippen LogP) is 2.42. The lowest BCUT2D eigenvalue weighted by molar-refractivity contribution is 1.05. The number of aromatic nitrogens is 2. The van der Waals surface area contributed by atoms with Crippen LogP contribution in [-0.4, -0.2) is 9.97 Å². The van der Waals surface area contributed by atoms with E-state index in [9.17, 15) is 0 Å². The van der Waals surface area contributed by atoms with Crippen molar-refractivity contribution >= 4 is 17.2 Å². The Balaban J connectivity index is 2.24. The van der Waals surface area contributed by atoms with Crippen molar-refractivity contribution in [2.24, 2.45) is 0 Å². The number of anilines is 3. The first-order valence-electron chi connectivity index (χ1n) is 5.08. The largest absolute Gasteiger partial charge is 0.399 e. The van der Waals surface area contributed by atoms with Gasteiger partial charge in [-0.15, -0.1) is 0 Å². The molecule has 0 radical (unpaired) electrons. The first-order valence-corrected chi connectivity index (χ1v) is 5.08. The Kier molecular flexibility index (Phi) is 2.72. The fourth-order valence-corrected chi connectivity index (χ4v) is 1.37. The highest BCUT2D eigenvalue weighted by atomic mass is 15.0. The van der Waals surface area contributed by atoms with Crippen LogP contribution in [0.5, 0.6) is 0 Å². The Morgan fingerprint density at radius 2 is 2.00 bits per heavy atom. The maximum atomic E-state index is 5.69. The molecule has 0 atom stereocenters. The van der Waals surface area contributed by atoms with Crippen molar-refractivity contribution in [3.63, 3.8) is 0 Å². The number of hydrogen-bond donors (Lipinski definition) is 2. The van der Waals surface area contributed by atoms with Gasteiger partial charge in [-0.2, -0.15) is 0 Å². The first-order chi connectivity index (χ1) is 7.65. The number of nitrogen functional groups attached to an aromatic ring is 1. The lowest BCUT2D eigenvalue weighted by Crippen LogP contribution is -1.99. The van der Waals surface area contributed by atoms with Crippen LogP contribution in [0.2, 0.25) is 0 Å². The van der Waals surface area contributed by atoms with Crippen molar-refractivity contribution in [3.8, 4) is 0 Å². The molecule has 82 valence electrons. The van der Waals surface area contributed by atoms with Crippen molar-refractivity contribution < 1.29 is 0 Å². The summed E-state index contributed by atoms with van der Waals surface area (Å²) >= 11 is 0. The maximum Gasteiger partial charge on any atom is 0.149 e. The second kappa shape index (κ2) is 4.18. The second-order valence-corrected chi connectivity index (χ2v) is 3.68. The standard InChI is InChI=1S/C12H14N4/c1-8-9(2)15-12(7-14-8)16-11-5-3-4-10(13)6-11/h3-7H,13H2,1-2H3,(H,15,16). The van der Waals surface area contributed by atoms with Gasteiger partial charge in [-0.25, -0.2) is 4.98 Å². The molecule has 0 aliphatic rings. The highest BCUT2D eigenvalue weighted by Crippen LogP contribution is 2.17. The molecular formula is C12H14N4. The zero-order valence-corrected chi connectivity index (χ0v) is 9.36. The molecule has 0 saturated heterocycles. The van der Waals surface area contributed by atoms with Crippen LogP contribution >= 0.6 is 0 Å². The molecule has 0 bridgehead atoms. The molecule has 0 unspecified atom stereocenters. The molecule has 1 aromatic heterocycles. The number of nitrogens with zero attached hydrogens (tertiary/aromatic N) is 2. The van der Waals surface area contributed by atoms with E-state index in [1.807, 2.05) is 38.1 Å². The lowest BCUT2D eigenvalue weighted by atomic mass is 10.3. The molecule has 2 aromatic rings. The average molecular weight is 214 g/mol. The van der Waals surface area contributed by atoms with Crippen LogP contribution < -0.4 is 11.1 Å². The van der Waals surface area contributed by atoms with Gasteiger partial charge in [0.05, 0.1) is 17.6 Å². The Morgan fingerprint density at radius 1 is 1.19 bits per heavy atom. The van der Waals surface area contributed by atoms with Gasteiger partial charge in [0.2, 0.25) is 0 Å². The molecule has 0 aliphatic carbocycles. The zero-order valence-electron chi connectivity index (χ0n) is 9.36. The summed E-state index contributed by atoms with van der Waals surface area (Å²) in [4.78, 5) is 8.62. The summed E-state index contributed by atoms with van der Waals surface area (Å²) in [6.45, 7) is 3.87. The molecule has 0 fully saturated rings. The summed E-state index contributed by atoms with van der Waals surface area (Å²) in [7, 11) is 0.